The summed E-state index contributed by atoms with van der Waals surface area (Å²) in [6, 6.07) is 30.0. The Balaban J connectivity index is 1.58. The smallest absolute Gasteiger partial charge is 0.256 e. The van der Waals surface area contributed by atoms with Gasteiger partial charge in [0.1, 0.15) is 11.5 Å². The largest absolute Gasteiger partial charge is 0.467 e. The molecule has 2 heterocycles. The first-order valence-electron chi connectivity index (χ1n) is 11.5. The van der Waals surface area contributed by atoms with E-state index in [0.717, 1.165) is 16.9 Å². The highest BCUT2D eigenvalue weighted by molar-refractivity contribution is 6.33. The summed E-state index contributed by atoms with van der Waals surface area (Å²) in [5, 5.41) is 5.17. The van der Waals surface area contributed by atoms with Gasteiger partial charge in [0.05, 0.1) is 46.9 Å². The number of aryl methyl sites for hydroxylation is 1. The molecule has 0 radical (unpaired) electrons. The van der Waals surface area contributed by atoms with E-state index >= 15 is 0 Å². The van der Waals surface area contributed by atoms with Crippen LogP contribution in [0.2, 0.25) is 5.02 Å². The zero-order chi connectivity index (χ0) is 24.9. The van der Waals surface area contributed by atoms with Gasteiger partial charge in [-0.25, -0.2) is 4.68 Å². The lowest BCUT2D eigenvalue weighted by atomic mass is 10.1. The van der Waals surface area contributed by atoms with E-state index in [4.69, 9.17) is 25.9 Å². The predicted octanol–water partition coefficient (Wildman–Crippen LogP) is 7.06. The van der Waals surface area contributed by atoms with E-state index in [0.29, 0.717) is 28.0 Å². The van der Waals surface area contributed by atoms with E-state index in [-0.39, 0.29) is 19.0 Å². The lowest BCUT2D eigenvalue weighted by Crippen LogP contribution is -2.30. The Morgan fingerprint density at radius 2 is 1.61 bits per heavy atom. The van der Waals surface area contributed by atoms with Crippen molar-refractivity contribution in [1.29, 1.82) is 0 Å². The topological polar surface area (TPSA) is 60.5 Å². The van der Waals surface area contributed by atoms with Gasteiger partial charge in [-0.2, -0.15) is 5.10 Å². The van der Waals surface area contributed by atoms with Crippen LogP contribution in [0.25, 0.3) is 5.69 Å². The Kier molecular flexibility index (Phi) is 6.87. The minimum atomic E-state index is -0.213. The molecule has 5 aromatic rings. The van der Waals surface area contributed by atoms with Gasteiger partial charge in [0, 0.05) is 0 Å². The summed E-state index contributed by atoms with van der Waals surface area (Å²) in [7, 11) is 0. The Labute approximate surface area is 214 Å². The third-order valence-electron chi connectivity index (χ3n) is 5.76. The Bertz CT molecular complexity index is 1450. The molecular weight excluding hydrogens is 474 g/mol. The minimum absolute atomic E-state index is 0.213. The van der Waals surface area contributed by atoms with Crippen LogP contribution in [0.5, 0.6) is 11.6 Å². The zero-order valence-electron chi connectivity index (χ0n) is 19.7. The van der Waals surface area contributed by atoms with E-state index in [9.17, 15) is 4.79 Å². The molecule has 0 unspecified atom stereocenters. The molecule has 0 aliphatic heterocycles. The number of amides is 1. The summed E-state index contributed by atoms with van der Waals surface area (Å²) in [5.74, 6) is 1.66. The molecule has 0 aliphatic carbocycles. The van der Waals surface area contributed by atoms with E-state index in [2.05, 4.69) is 0 Å². The van der Waals surface area contributed by atoms with Gasteiger partial charge in [0.15, 0.2) is 0 Å². The van der Waals surface area contributed by atoms with Crippen molar-refractivity contribution in [2.75, 3.05) is 0 Å². The third-order valence-corrected chi connectivity index (χ3v) is 6.09. The maximum Gasteiger partial charge on any atom is 0.256 e. The second-order valence-corrected chi connectivity index (χ2v) is 8.66. The van der Waals surface area contributed by atoms with Crippen LogP contribution in [0.1, 0.15) is 27.4 Å². The van der Waals surface area contributed by atoms with Crippen molar-refractivity contribution in [3.05, 3.63) is 131 Å². The lowest BCUT2D eigenvalue weighted by Gasteiger charge is -2.23. The van der Waals surface area contributed by atoms with Crippen molar-refractivity contribution in [1.82, 2.24) is 14.7 Å². The summed E-state index contributed by atoms with van der Waals surface area (Å²) < 4.78 is 13.7. The zero-order valence-corrected chi connectivity index (χ0v) is 20.4. The maximum absolute atomic E-state index is 13.7. The molecule has 0 saturated heterocycles. The van der Waals surface area contributed by atoms with Crippen molar-refractivity contribution < 1.29 is 13.9 Å². The first-order chi connectivity index (χ1) is 17.6. The molecule has 0 spiro atoms. The molecule has 180 valence electrons. The molecule has 0 N–H and O–H groups in total. The number of rotatable bonds is 8. The van der Waals surface area contributed by atoms with Crippen molar-refractivity contribution in [2.24, 2.45) is 0 Å². The summed E-state index contributed by atoms with van der Waals surface area (Å²) in [6.45, 7) is 2.42. The lowest BCUT2D eigenvalue weighted by molar-refractivity contribution is 0.0716. The molecular formula is C29H24ClN3O3. The molecule has 5 rings (SSSR count). The highest BCUT2D eigenvalue weighted by Gasteiger charge is 2.26. The molecule has 7 heteroatoms. The summed E-state index contributed by atoms with van der Waals surface area (Å²) in [5.41, 5.74) is 2.81. The summed E-state index contributed by atoms with van der Waals surface area (Å²) in [4.78, 5) is 15.4. The van der Waals surface area contributed by atoms with Crippen LogP contribution in [0.4, 0.5) is 0 Å². The Morgan fingerprint density at radius 3 is 2.31 bits per heavy atom. The van der Waals surface area contributed by atoms with Crippen molar-refractivity contribution >= 4 is 17.5 Å². The Morgan fingerprint density at radius 1 is 0.917 bits per heavy atom. The number of carbonyl (C=O) groups excluding carboxylic acids is 1. The fourth-order valence-electron chi connectivity index (χ4n) is 3.96. The third kappa shape index (κ3) is 5.04. The second kappa shape index (κ2) is 10.5. The van der Waals surface area contributed by atoms with E-state index in [1.54, 1.807) is 46.2 Å². The Hall–Kier alpha value is -4.29. The first kappa shape index (κ1) is 23.5. The van der Waals surface area contributed by atoms with Crippen LogP contribution in [0.15, 0.2) is 108 Å². The van der Waals surface area contributed by atoms with Gasteiger partial charge in [-0.1, -0.05) is 60.1 Å². The standard InChI is InChI=1S/C29H24ClN3O3/c1-21-26(20-32(19-24-15-10-18-35-24)28(34)25-16-8-9-17-27(25)30)29(36-23-13-6-3-7-14-23)33(31-21)22-11-4-2-5-12-22/h2-18H,19-20H2,1H3. The van der Waals surface area contributed by atoms with E-state index in [1.807, 2.05) is 73.7 Å². The van der Waals surface area contributed by atoms with Crippen molar-refractivity contribution in [3.8, 4) is 17.3 Å². The highest BCUT2D eigenvalue weighted by Crippen LogP contribution is 2.32. The van der Waals surface area contributed by atoms with Gasteiger partial charge in [0.25, 0.3) is 5.91 Å². The molecule has 1 amide bonds. The monoisotopic (exact) mass is 497 g/mol. The first-order valence-corrected chi connectivity index (χ1v) is 11.9. The number of ether oxygens (including phenoxy) is 1. The number of hydrogen-bond donors (Lipinski definition) is 0. The summed E-state index contributed by atoms with van der Waals surface area (Å²) >= 11 is 6.39. The normalized spacial score (nSPS) is 10.8. The fraction of sp³-hybridized carbons (Fsp3) is 0.103. The van der Waals surface area contributed by atoms with Gasteiger partial charge < -0.3 is 14.1 Å². The molecule has 0 aliphatic rings. The SMILES string of the molecule is Cc1nn(-c2ccccc2)c(Oc2ccccc2)c1CN(Cc1ccco1)C(=O)c1ccccc1Cl. The fourth-order valence-corrected chi connectivity index (χ4v) is 4.17. The number of furan rings is 1. The number of carbonyl (C=O) groups is 1. The van der Waals surface area contributed by atoms with Crippen molar-refractivity contribution in [3.63, 3.8) is 0 Å². The molecule has 2 aromatic heterocycles. The number of aromatic nitrogens is 2. The quantitative estimate of drug-likeness (QED) is 0.230. The van der Waals surface area contributed by atoms with Gasteiger partial charge in [-0.3, -0.25) is 4.79 Å². The van der Waals surface area contributed by atoms with Crippen LogP contribution in [-0.4, -0.2) is 20.6 Å². The molecule has 0 atom stereocenters. The van der Waals surface area contributed by atoms with Gasteiger partial charge in [-0.15, -0.1) is 0 Å². The van der Waals surface area contributed by atoms with E-state index in [1.165, 1.54) is 0 Å². The van der Waals surface area contributed by atoms with Crippen LogP contribution in [0.3, 0.4) is 0 Å². The van der Waals surface area contributed by atoms with Gasteiger partial charge in [0.2, 0.25) is 5.88 Å². The average molecular weight is 498 g/mol. The van der Waals surface area contributed by atoms with Gasteiger partial charge >= 0.3 is 0 Å². The number of nitrogens with zero attached hydrogens (tertiary/aromatic N) is 3. The van der Waals surface area contributed by atoms with Gasteiger partial charge in [-0.05, 0) is 55.5 Å². The van der Waals surface area contributed by atoms with Crippen LogP contribution >= 0.6 is 11.6 Å². The second-order valence-electron chi connectivity index (χ2n) is 8.25. The maximum atomic E-state index is 13.7. The van der Waals surface area contributed by atoms with Crippen LogP contribution in [0, 0.1) is 6.92 Å². The molecule has 0 fully saturated rings. The molecule has 3 aromatic carbocycles. The number of benzene rings is 3. The predicted molar refractivity (Wildman–Crippen MR) is 139 cm³/mol. The van der Waals surface area contributed by atoms with Crippen LogP contribution < -0.4 is 4.74 Å². The molecule has 36 heavy (non-hydrogen) atoms. The highest BCUT2D eigenvalue weighted by atomic mass is 35.5. The van der Waals surface area contributed by atoms with E-state index < -0.39 is 0 Å². The summed E-state index contributed by atoms with van der Waals surface area (Å²) in [6.07, 6.45) is 1.59. The number of hydrogen-bond acceptors (Lipinski definition) is 4. The molecule has 6 nitrogen and oxygen atoms in total. The van der Waals surface area contributed by atoms with Crippen molar-refractivity contribution in [2.45, 2.75) is 20.0 Å². The minimum Gasteiger partial charge on any atom is -0.467 e. The number of halogens is 1. The van der Waals surface area contributed by atoms with Crippen LogP contribution in [-0.2, 0) is 13.1 Å². The average Bonchev–Trinajstić information content (AvgIpc) is 3.53. The molecule has 0 saturated carbocycles. The number of para-hydroxylation sites is 2. The molecule has 0 bridgehead atoms.